The number of rotatable bonds is 3. The number of hydrogen-bond acceptors (Lipinski definition) is 4. The number of anilines is 1. The minimum atomic E-state index is 0.491. The molecule has 1 aromatic carbocycles. The Bertz CT molecular complexity index is 794. The van der Waals surface area contributed by atoms with Crippen LogP contribution in [-0.4, -0.2) is 16.0 Å². The third-order valence-electron chi connectivity index (χ3n) is 4.31. The van der Waals surface area contributed by atoms with Crippen LogP contribution in [0, 0.1) is 13.8 Å². The quantitative estimate of drug-likeness (QED) is 0.784. The molecule has 2 unspecified atom stereocenters. The number of nitrogens with one attached hydrogen (secondary N) is 1. The van der Waals surface area contributed by atoms with Gasteiger partial charge in [0.1, 0.15) is 17.0 Å². The van der Waals surface area contributed by atoms with E-state index >= 15 is 0 Å². The average Bonchev–Trinajstić information content (AvgIpc) is 3.20. The smallest absolute Gasteiger partial charge is 0.138 e. The minimum Gasteiger partial charge on any atom is -0.366 e. The molecule has 0 radical (unpaired) electrons. The van der Waals surface area contributed by atoms with Crippen molar-refractivity contribution in [3.8, 4) is 0 Å². The van der Waals surface area contributed by atoms with E-state index in [0.717, 1.165) is 10.6 Å². The van der Waals surface area contributed by atoms with E-state index in [9.17, 15) is 0 Å². The highest BCUT2D eigenvalue weighted by Crippen LogP contribution is 2.43. The molecule has 0 amide bonds. The van der Waals surface area contributed by atoms with Gasteiger partial charge in [-0.25, -0.2) is 9.97 Å². The topological polar surface area (TPSA) is 37.8 Å². The van der Waals surface area contributed by atoms with Crippen LogP contribution < -0.4 is 5.32 Å². The summed E-state index contributed by atoms with van der Waals surface area (Å²) in [7, 11) is 0. The van der Waals surface area contributed by atoms with Gasteiger partial charge in [-0.1, -0.05) is 30.3 Å². The third kappa shape index (κ3) is 2.20. The molecule has 21 heavy (non-hydrogen) atoms. The van der Waals surface area contributed by atoms with Gasteiger partial charge in [0.2, 0.25) is 0 Å². The van der Waals surface area contributed by atoms with E-state index in [1.165, 1.54) is 27.8 Å². The summed E-state index contributed by atoms with van der Waals surface area (Å²) >= 11 is 1.75. The highest BCUT2D eigenvalue weighted by molar-refractivity contribution is 7.18. The molecule has 0 spiro atoms. The Hall–Kier alpha value is -1.94. The molecule has 2 heterocycles. The fourth-order valence-electron chi connectivity index (χ4n) is 2.89. The van der Waals surface area contributed by atoms with Crippen LogP contribution in [0.3, 0.4) is 0 Å². The monoisotopic (exact) mass is 295 g/mol. The molecule has 2 aromatic heterocycles. The largest absolute Gasteiger partial charge is 0.366 e. The first kappa shape index (κ1) is 12.8. The molecule has 2 atom stereocenters. The van der Waals surface area contributed by atoms with Crippen LogP contribution in [0.5, 0.6) is 0 Å². The van der Waals surface area contributed by atoms with Crippen LogP contribution in [0.2, 0.25) is 0 Å². The predicted molar refractivity (Wildman–Crippen MR) is 88.1 cm³/mol. The van der Waals surface area contributed by atoms with E-state index in [0.29, 0.717) is 12.0 Å². The Morgan fingerprint density at radius 3 is 2.76 bits per heavy atom. The Kier molecular flexibility index (Phi) is 2.93. The van der Waals surface area contributed by atoms with Crippen molar-refractivity contribution < 1.29 is 0 Å². The van der Waals surface area contributed by atoms with Gasteiger partial charge in [0, 0.05) is 16.8 Å². The second-order valence-electron chi connectivity index (χ2n) is 5.69. The zero-order chi connectivity index (χ0) is 14.4. The van der Waals surface area contributed by atoms with Gasteiger partial charge in [-0.3, -0.25) is 0 Å². The van der Waals surface area contributed by atoms with Crippen LogP contribution in [0.15, 0.2) is 36.7 Å². The first-order chi connectivity index (χ1) is 10.2. The molecule has 0 bridgehead atoms. The standard InChI is InChI=1S/C17H17N3S/c1-10-11(2)21-17-15(10)16(18-9-19-17)20-14-8-13(14)12-6-4-3-5-7-12/h3-7,9,13-14H,8H2,1-2H3,(H,18,19,20). The van der Waals surface area contributed by atoms with Crippen LogP contribution in [0.1, 0.15) is 28.3 Å². The molecule has 4 rings (SSSR count). The molecule has 1 fully saturated rings. The van der Waals surface area contributed by atoms with E-state index in [4.69, 9.17) is 0 Å². The van der Waals surface area contributed by atoms with Gasteiger partial charge < -0.3 is 5.32 Å². The number of aryl methyl sites for hydroxylation is 2. The van der Waals surface area contributed by atoms with E-state index in [-0.39, 0.29) is 0 Å². The Balaban J connectivity index is 1.62. The van der Waals surface area contributed by atoms with Gasteiger partial charge in [-0.05, 0) is 31.4 Å². The molecule has 1 saturated carbocycles. The van der Waals surface area contributed by atoms with Gasteiger partial charge in [-0.2, -0.15) is 0 Å². The Morgan fingerprint density at radius 1 is 1.14 bits per heavy atom. The van der Waals surface area contributed by atoms with Crippen LogP contribution in [-0.2, 0) is 0 Å². The average molecular weight is 295 g/mol. The van der Waals surface area contributed by atoms with Crippen LogP contribution in [0.4, 0.5) is 5.82 Å². The van der Waals surface area contributed by atoms with Crippen molar-refractivity contribution in [3.05, 3.63) is 52.7 Å². The van der Waals surface area contributed by atoms with Crippen LogP contribution in [0.25, 0.3) is 10.2 Å². The molecular formula is C17H17N3S. The van der Waals surface area contributed by atoms with Crippen molar-refractivity contribution in [2.45, 2.75) is 32.2 Å². The molecule has 3 aromatic rings. The molecule has 1 aliphatic rings. The maximum Gasteiger partial charge on any atom is 0.138 e. The third-order valence-corrected chi connectivity index (χ3v) is 5.42. The SMILES string of the molecule is Cc1sc2ncnc(NC3CC3c3ccccc3)c2c1C. The van der Waals surface area contributed by atoms with Crippen LogP contribution >= 0.6 is 11.3 Å². The van der Waals surface area contributed by atoms with Crippen molar-refractivity contribution in [2.24, 2.45) is 0 Å². The van der Waals surface area contributed by atoms with Gasteiger partial charge in [-0.15, -0.1) is 11.3 Å². The maximum atomic E-state index is 4.47. The Morgan fingerprint density at radius 2 is 1.95 bits per heavy atom. The molecule has 1 N–H and O–H groups in total. The number of benzene rings is 1. The second kappa shape index (κ2) is 4.81. The number of fused-ring (bicyclic) bond motifs is 1. The second-order valence-corrected chi connectivity index (χ2v) is 6.89. The highest BCUT2D eigenvalue weighted by Gasteiger charge is 2.38. The summed E-state index contributed by atoms with van der Waals surface area (Å²) in [5.41, 5.74) is 2.72. The van der Waals surface area contributed by atoms with Crippen molar-refractivity contribution in [2.75, 3.05) is 5.32 Å². The lowest BCUT2D eigenvalue weighted by Gasteiger charge is -2.07. The summed E-state index contributed by atoms with van der Waals surface area (Å²) in [6.45, 7) is 4.31. The lowest BCUT2D eigenvalue weighted by molar-refractivity contribution is 1.03. The first-order valence-corrected chi connectivity index (χ1v) is 8.08. The summed E-state index contributed by atoms with van der Waals surface area (Å²) in [5, 5.41) is 4.81. The van der Waals surface area contributed by atoms with Gasteiger partial charge >= 0.3 is 0 Å². The zero-order valence-corrected chi connectivity index (χ0v) is 12.9. The minimum absolute atomic E-state index is 0.491. The number of aromatic nitrogens is 2. The first-order valence-electron chi connectivity index (χ1n) is 7.26. The molecule has 3 nitrogen and oxygen atoms in total. The number of hydrogen-bond donors (Lipinski definition) is 1. The molecular weight excluding hydrogens is 278 g/mol. The normalized spacial score (nSPS) is 20.7. The van der Waals surface area contributed by atoms with E-state index < -0.39 is 0 Å². The summed E-state index contributed by atoms with van der Waals surface area (Å²) < 4.78 is 0. The molecule has 106 valence electrons. The molecule has 0 saturated heterocycles. The maximum absolute atomic E-state index is 4.47. The van der Waals surface area contributed by atoms with Crippen molar-refractivity contribution in [1.29, 1.82) is 0 Å². The van der Waals surface area contributed by atoms with Crippen molar-refractivity contribution in [3.63, 3.8) is 0 Å². The van der Waals surface area contributed by atoms with E-state index in [2.05, 4.69) is 59.5 Å². The lowest BCUT2D eigenvalue weighted by atomic mass is 10.1. The Labute approximate surface area is 128 Å². The fraction of sp³-hybridized carbons (Fsp3) is 0.294. The lowest BCUT2D eigenvalue weighted by Crippen LogP contribution is -2.06. The molecule has 1 aliphatic carbocycles. The molecule has 0 aliphatic heterocycles. The summed E-state index contributed by atoms with van der Waals surface area (Å²) in [6.07, 6.45) is 2.84. The predicted octanol–water partition coefficient (Wildman–Crippen LogP) is 4.28. The van der Waals surface area contributed by atoms with Gasteiger partial charge in [0.15, 0.2) is 0 Å². The summed E-state index contributed by atoms with van der Waals surface area (Å²) in [4.78, 5) is 11.3. The highest BCUT2D eigenvalue weighted by atomic mass is 32.1. The fourth-order valence-corrected chi connectivity index (χ4v) is 3.89. The van der Waals surface area contributed by atoms with Gasteiger partial charge in [0.05, 0.1) is 5.39 Å². The summed E-state index contributed by atoms with van der Waals surface area (Å²) in [6, 6.07) is 11.2. The number of nitrogens with zero attached hydrogens (tertiary/aromatic N) is 2. The van der Waals surface area contributed by atoms with Crippen molar-refractivity contribution in [1.82, 2.24) is 9.97 Å². The molecule has 4 heteroatoms. The van der Waals surface area contributed by atoms with E-state index in [1.54, 1.807) is 17.7 Å². The van der Waals surface area contributed by atoms with Crippen molar-refractivity contribution >= 4 is 27.4 Å². The summed E-state index contributed by atoms with van der Waals surface area (Å²) in [5.74, 6) is 1.60. The van der Waals surface area contributed by atoms with E-state index in [1.807, 2.05) is 0 Å². The van der Waals surface area contributed by atoms with Gasteiger partial charge in [0.25, 0.3) is 0 Å². The number of thiophene rings is 1. The zero-order valence-electron chi connectivity index (χ0n) is 12.1.